The highest BCUT2D eigenvalue weighted by atomic mass is 32.2. The first kappa shape index (κ1) is 65.2. The van der Waals surface area contributed by atoms with Crippen LogP contribution in [0, 0.1) is 18.8 Å². The predicted octanol–water partition coefficient (Wildman–Crippen LogP) is 6.67. The van der Waals surface area contributed by atoms with Gasteiger partial charge >= 0.3 is 12.2 Å². The number of aromatic hydroxyl groups is 1. The summed E-state index contributed by atoms with van der Waals surface area (Å²) in [6.07, 6.45) is -0.645. The Hall–Kier alpha value is -6.29. The average molecular weight is 1230 g/mol. The van der Waals surface area contributed by atoms with Gasteiger partial charge in [-0.25, -0.2) is 18.0 Å². The third-order valence-corrected chi connectivity index (χ3v) is 17.4. The standard InChI is InChI=1S/C28H36N2O10S.C22H32N2O7.C14H14O/c31-20-6-8-22(9-7-20)41(34,35)30(40-21-10-13-36-14-11-21)17-25(32)24(16-19-4-2-1-3-5-19)29-28(33)39-26-18-38-27-23(26)12-15-37-27;25-19(13-23-31-16-6-9-27-10-7-16)18(12-15-4-2-1-3-5-15)24-22(26)30-20-14-29-21-17(20)8-11-28-21;1-12-7-9-14(10-8-12)15-11-13-5-3-2-4-6-13/h1-9,21,23-27,31-32H,10-18H2,(H,29,33);1-5,16-21,23,25H,6-14H2,(H,24,26);2-10H,11H2,1H3/t23-,24-,25+,26?,27+;17-,18-,19+,20?,21+;/m00./s1. The van der Waals surface area contributed by atoms with Crippen molar-refractivity contribution in [2.75, 3.05) is 65.9 Å². The van der Waals surface area contributed by atoms with E-state index in [1.165, 1.54) is 35.4 Å². The Morgan fingerprint density at radius 1 is 0.586 bits per heavy atom. The fraction of sp³-hybridized carbons (Fsp3) is 0.500. The SMILES string of the molecule is Cc1ccc(OCc2ccccc2)cc1.O=C(N[C@@H](Cc1ccccc1)[C@H](O)CN(OC1CCOCC1)S(=O)(=O)c1ccc(O)cc1)OC1CO[C@H]2OCC[C@@H]12.O=C(N[C@@H](Cc1ccccc1)[C@H](O)CNOC1CCOCC1)OC1CO[C@H]2OCC[C@@H]12. The third-order valence-electron chi connectivity index (χ3n) is 15.8. The minimum Gasteiger partial charge on any atom is -0.508 e. The van der Waals surface area contributed by atoms with Crippen molar-refractivity contribution in [1.29, 1.82) is 0 Å². The van der Waals surface area contributed by atoms with Gasteiger partial charge in [0, 0.05) is 33.0 Å². The van der Waals surface area contributed by atoms with E-state index in [0.29, 0.717) is 78.5 Å². The zero-order valence-corrected chi connectivity index (χ0v) is 49.8. The quantitative estimate of drug-likeness (QED) is 0.0373. The number of sulfonamides is 1. The number of ether oxygens (including phenoxy) is 9. The second kappa shape index (κ2) is 33.3. The fourth-order valence-electron chi connectivity index (χ4n) is 10.8. The Kier molecular flexibility index (Phi) is 25.0. The van der Waals surface area contributed by atoms with Crippen LogP contribution in [0.2, 0.25) is 0 Å². The second-order valence-electron chi connectivity index (χ2n) is 22.2. The largest absolute Gasteiger partial charge is 0.508 e. The topological polar surface area (TPSA) is 270 Å². The molecule has 2 amide bonds. The molecule has 6 N–H and O–H groups in total. The van der Waals surface area contributed by atoms with Crippen LogP contribution in [-0.2, 0) is 77.0 Å². The van der Waals surface area contributed by atoms with Crippen LogP contribution < -0.4 is 20.9 Å². The van der Waals surface area contributed by atoms with Crippen LogP contribution in [0.1, 0.15) is 60.8 Å². The van der Waals surface area contributed by atoms with E-state index in [-0.39, 0.29) is 66.8 Å². The van der Waals surface area contributed by atoms with E-state index in [4.69, 9.17) is 52.3 Å². The molecule has 6 aliphatic heterocycles. The van der Waals surface area contributed by atoms with Crippen LogP contribution in [0.3, 0.4) is 0 Å². The Bertz CT molecular complexity index is 2930. The molecular weight excluding hydrogens is 1140 g/mol. The molecule has 0 aromatic heterocycles. The molecule has 0 spiro atoms. The summed E-state index contributed by atoms with van der Waals surface area (Å²) in [6, 6.07) is 40.8. The number of phenolic OH excluding ortho intramolecular Hbond substituents is 1. The Labute approximate surface area is 508 Å². The van der Waals surface area contributed by atoms with Crippen LogP contribution in [-0.4, -0.2) is 168 Å². The van der Waals surface area contributed by atoms with Crippen molar-refractivity contribution in [2.45, 2.75) is 131 Å². The van der Waals surface area contributed by atoms with Gasteiger partial charge in [-0.05, 0) is 111 Å². The number of aliphatic hydroxyl groups excluding tert-OH is 2. The van der Waals surface area contributed by atoms with Crippen LogP contribution >= 0.6 is 0 Å². The highest BCUT2D eigenvalue weighted by Gasteiger charge is 2.46. The van der Waals surface area contributed by atoms with Crippen molar-refractivity contribution < 1.29 is 85.6 Å². The van der Waals surface area contributed by atoms with E-state index in [2.05, 4.69) is 47.3 Å². The molecule has 22 nitrogen and oxygen atoms in total. The molecule has 2 unspecified atom stereocenters. The minimum atomic E-state index is -4.25. The third kappa shape index (κ3) is 20.1. The summed E-state index contributed by atoms with van der Waals surface area (Å²) in [5.74, 6) is 0.842. The van der Waals surface area contributed by atoms with Gasteiger partial charge in [-0.15, -0.1) is 0 Å². The van der Waals surface area contributed by atoms with E-state index < -0.39 is 65.3 Å². The van der Waals surface area contributed by atoms with Crippen molar-refractivity contribution in [3.8, 4) is 11.5 Å². The minimum absolute atomic E-state index is 0.0583. The Morgan fingerprint density at radius 3 is 1.59 bits per heavy atom. The summed E-state index contributed by atoms with van der Waals surface area (Å²) >= 11 is 0. The normalized spacial score (nSPS) is 23.3. The molecule has 10 atom stereocenters. The van der Waals surface area contributed by atoms with Crippen molar-refractivity contribution >= 4 is 22.2 Å². The molecule has 5 aromatic carbocycles. The Balaban J connectivity index is 0.000000172. The highest BCUT2D eigenvalue weighted by molar-refractivity contribution is 7.89. The number of alkyl carbamates (subject to hydrolysis) is 2. The molecule has 0 saturated carbocycles. The number of hydrogen-bond donors (Lipinski definition) is 6. The van der Waals surface area contributed by atoms with Gasteiger partial charge in [0.2, 0.25) is 0 Å². The molecule has 6 saturated heterocycles. The summed E-state index contributed by atoms with van der Waals surface area (Å²) in [5, 5.41) is 37.4. The number of aliphatic hydroxyl groups is 2. The molecule has 0 aliphatic carbocycles. The zero-order chi connectivity index (χ0) is 60.8. The lowest BCUT2D eigenvalue weighted by molar-refractivity contribution is -0.170. The molecule has 23 heteroatoms. The van der Waals surface area contributed by atoms with Crippen molar-refractivity contribution in [3.63, 3.8) is 0 Å². The monoisotopic (exact) mass is 1230 g/mol. The number of carbonyl (C=O) groups is 2. The second-order valence-corrected chi connectivity index (χ2v) is 24.0. The molecule has 6 fully saturated rings. The van der Waals surface area contributed by atoms with Gasteiger partial charge in [-0.3, -0.25) is 9.68 Å². The van der Waals surface area contributed by atoms with Gasteiger partial charge in [0.15, 0.2) is 12.6 Å². The molecule has 11 rings (SSSR count). The number of nitrogens with one attached hydrogen (secondary N) is 3. The number of amides is 2. The molecule has 5 aromatic rings. The Morgan fingerprint density at radius 2 is 1.07 bits per heavy atom. The number of aryl methyl sites for hydroxylation is 1. The lowest BCUT2D eigenvalue weighted by Gasteiger charge is -2.32. The van der Waals surface area contributed by atoms with Crippen LogP contribution in [0.25, 0.3) is 0 Å². The lowest BCUT2D eigenvalue weighted by Crippen LogP contribution is -2.52. The molecule has 6 aliphatic rings. The number of fused-ring (bicyclic) bond motifs is 2. The summed E-state index contributed by atoms with van der Waals surface area (Å²) in [4.78, 5) is 37.1. The van der Waals surface area contributed by atoms with Gasteiger partial charge < -0.3 is 68.6 Å². The first-order chi connectivity index (χ1) is 42.3. The average Bonchev–Trinajstić information content (AvgIpc) is 3.55. The molecule has 0 bridgehead atoms. The summed E-state index contributed by atoms with van der Waals surface area (Å²) in [5.41, 5.74) is 7.14. The van der Waals surface area contributed by atoms with Crippen molar-refractivity contribution in [1.82, 2.24) is 20.6 Å². The zero-order valence-electron chi connectivity index (χ0n) is 49.0. The molecule has 6 heterocycles. The van der Waals surface area contributed by atoms with Crippen molar-refractivity contribution in [3.05, 3.63) is 162 Å². The number of hydroxylamine groups is 2. The predicted molar refractivity (Wildman–Crippen MR) is 316 cm³/mol. The number of hydrogen-bond acceptors (Lipinski definition) is 19. The van der Waals surface area contributed by atoms with Crippen LogP contribution in [0.15, 0.2) is 144 Å². The van der Waals surface area contributed by atoms with Gasteiger partial charge in [-0.1, -0.05) is 113 Å². The maximum Gasteiger partial charge on any atom is 0.407 e. The van der Waals surface area contributed by atoms with E-state index in [0.717, 1.165) is 40.6 Å². The maximum absolute atomic E-state index is 13.6. The number of phenols is 1. The van der Waals surface area contributed by atoms with Gasteiger partial charge in [0.05, 0.1) is 86.2 Å². The van der Waals surface area contributed by atoms with Gasteiger partial charge in [0.25, 0.3) is 10.0 Å². The lowest BCUT2D eigenvalue weighted by atomic mass is 10.0. The maximum atomic E-state index is 13.6. The first-order valence-corrected chi connectivity index (χ1v) is 31.4. The number of carbonyl (C=O) groups excluding carboxylic acids is 2. The number of rotatable bonds is 23. The van der Waals surface area contributed by atoms with E-state index in [9.17, 15) is 33.3 Å². The molecule has 0 radical (unpaired) electrons. The van der Waals surface area contributed by atoms with Crippen LogP contribution in [0.4, 0.5) is 9.59 Å². The summed E-state index contributed by atoms with van der Waals surface area (Å²) in [6.45, 7) is 6.29. The van der Waals surface area contributed by atoms with Gasteiger partial charge in [0.1, 0.15) is 30.3 Å². The molecular formula is C64H82N4O18S. The van der Waals surface area contributed by atoms with E-state index >= 15 is 0 Å². The number of benzene rings is 5. The van der Waals surface area contributed by atoms with Crippen molar-refractivity contribution in [2.24, 2.45) is 11.8 Å². The fourth-order valence-corrected chi connectivity index (χ4v) is 12.1. The molecule has 87 heavy (non-hydrogen) atoms. The highest BCUT2D eigenvalue weighted by Crippen LogP contribution is 2.34. The number of nitrogens with zero attached hydrogens (tertiary/aromatic N) is 1. The summed E-state index contributed by atoms with van der Waals surface area (Å²) in [7, 11) is -4.25. The molecule has 472 valence electrons. The van der Waals surface area contributed by atoms with E-state index in [1.807, 2.05) is 91.0 Å². The van der Waals surface area contributed by atoms with Crippen LogP contribution in [0.5, 0.6) is 11.5 Å². The first-order valence-electron chi connectivity index (χ1n) is 29.9. The van der Waals surface area contributed by atoms with Gasteiger partial charge in [-0.2, -0.15) is 5.48 Å². The smallest absolute Gasteiger partial charge is 0.407 e. The summed E-state index contributed by atoms with van der Waals surface area (Å²) < 4.78 is 77.7. The van der Waals surface area contributed by atoms with E-state index in [1.54, 1.807) is 0 Å².